The van der Waals surface area contributed by atoms with Crippen LogP contribution in [0.1, 0.15) is 23.6 Å². The molecule has 13 heavy (non-hydrogen) atoms. The Morgan fingerprint density at radius 1 is 1.62 bits per heavy atom. The fraction of sp³-hybridized carbons (Fsp3) is 0.600. The van der Waals surface area contributed by atoms with Crippen LogP contribution in [-0.4, -0.2) is 24.3 Å². The van der Waals surface area contributed by atoms with E-state index >= 15 is 0 Å². The molecular weight excluding hydrogens is 182 g/mol. The minimum Gasteiger partial charge on any atom is -0.395 e. The second-order valence-corrected chi connectivity index (χ2v) is 4.49. The Morgan fingerprint density at radius 2 is 2.54 bits per heavy atom. The molecular formula is C10H15NOS. The lowest BCUT2D eigenvalue weighted by Gasteiger charge is -2.30. The number of aliphatic hydroxyl groups is 1. The third-order valence-electron chi connectivity index (χ3n) is 2.69. The molecule has 0 amide bonds. The van der Waals surface area contributed by atoms with Gasteiger partial charge in [-0.05, 0) is 30.8 Å². The smallest absolute Gasteiger partial charge is 0.0590 e. The van der Waals surface area contributed by atoms with Crippen molar-refractivity contribution in [2.24, 2.45) is 0 Å². The first-order chi connectivity index (χ1) is 6.42. The molecule has 3 heteroatoms. The van der Waals surface area contributed by atoms with E-state index in [9.17, 15) is 5.11 Å². The molecule has 2 nitrogen and oxygen atoms in total. The van der Waals surface area contributed by atoms with Gasteiger partial charge in [-0.1, -0.05) is 6.07 Å². The maximum Gasteiger partial charge on any atom is 0.0590 e. The van der Waals surface area contributed by atoms with Gasteiger partial charge in [0.05, 0.1) is 6.61 Å². The molecule has 0 radical (unpaired) electrons. The van der Waals surface area contributed by atoms with Crippen molar-refractivity contribution in [3.05, 3.63) is 22.4 Å². The molecule has 0 bridgehead atoms. The first kappa shape index (κ1) is 9.19. The zero-order valence-corrected chi connectivity index (χ0v) is 8.39. The highest BCUT2D eigenvalue weighted by molar-refractivity contribution is 7.10. The Kier molecular flexibility index (Phi) is 2.98. The van der Waals surface area contributed by atoms with Crippen LogP contribution in [0.5, 0.6) is 0 Å². The van der Waals surface area contributed by atoms with Crippen molar-refractivity contribution in [2.45, 2.75) is 24.8 Å². The number of rotatable bonds is 2. The molecule has 1 aliphatic rings. The van der Waals surface area contributed by atoms with Crippen LogP contribution in [0.25, 0.3) is 0 Å². The van der Waals surface area contributed by atoms with E-state index in [0.717, 1.165) is 6.54 Å². The van der Waals surface area contributed by atoms with Gasteiger partial charge in [0.15, 0.2) is 0 Å². The Bertz CT molecular complexity index is 247. The normalized spacial score (nSPS) is 29.0. The molecule has 1 aromatic rings. The second kappa shape index (κ2) is 4.22. The Hall–Kier alpha value is -0.380. The van der Waals surface area contributed by atoms with E-state index in [1.165, 1.54) is 17.7 Å². The van der Waals surface area contributed by atoms with Gasteiger partial charge in [0, 0.05) is 16.8 Å². The molecule has 2 heterocycles. The van der Waals surface area contributed by atoms with Crippen molar-refractivity contribution < 1.29 is 5.11 Å². The highest BCUT2D eigenvalue weighted by Crippen LogP contribution is 2.30. The van der Waals surface area contributed by atoms with Crippen LogP contribution in [0, 0.1) is 0 Å². The number of nitrogens with one attached hydrogen (secondary N) is 1. The first-order valence-electron chi connectivity index (χ1n) is 4.79. The van der Waals surface area contributed by atoms with Gasteiger partial charge < -0.3 is 10.4 Å². The molecule has 0 saturated carbocycles. The highest BCUT2D eigenvalue weighted by atomic mass is 32.1. The zero-order valence-electron chi connectivity index (χ0n) is 7.57. The van der Waals surface area contributed by atoms with Crippen molar-refractivity contribution in [1.29, 1.82) is 0 Å². The Morgan fingerprint density at radius 3 is 3.23 bits per heavy atom. The van der Waals surface area contributed by atoms with Crippen molar-refractivity contribution in [3.8, 4) is 0 Å². The van der Waals surface area contributed by atoms with Gasteiger partial charge in [0.25, 0.3) is 0 Å². The lowest BCUT2D eigenvalue weighted by Crippen LogP contribution is -2.42. The van der Waals surface area contributed by atoms with Gasteiger partial charge in [0.1, 0.15) is 0 Å². The van der Waals surface area contributed by atoms with Crippen molar-refractivity contribution in [2.75, 3.05) is 13.2 Å². The van der Waals surface area contributed by atoms with E-state index in [2.05, 4.69) is 22.8 Å². The van der Waals surface area contributed by atoms with Crippen LogP contribution in [0.4, 0.5) is 0 Å². The summed E-state index contributed by atoms with van der Waals surface area (Å²) in [5, 5.41) is 14.7. The topological polar surface area (TPSA) is 32.3 Å². The molecule has 1 aliphatic heterocycles. The van der Waals surface area contributed by atoms with Crippen LogP contribution >= 0.6 is 11.3 Å². The highest BCUT2D eigenvalue weighted by Gasteiger charge is 2.25. The number of hydrogen-bond donors (Lipinski definition) is 2. The van der Waals surface area contributed by atoms with Crippen molar-refractivity contribution in [1.82, 2.24) is 5.32 Å². The summed E-state index contributed by atoms with van der Waals surface area (Å²) in [5.74, 6) is 0.527. The predicted octanol–water partition coefficient (Wildman–Crippen LogP) is 1.58. The minimum atomic E-state index is 0.253. The van der Waals surface area contributed by atoms with Crippen molar-refractivity contribution in [3.63, 3.8) is 0 Å². The average molecular weight is 197 g/mol. The Labute approximate surface area is 82.6 Å². The quantitative estimate of drug-likeness (QED) is 0.754. The van der Waals surface area contributed by atoms with Crippen molar-refractivity contribution >= 4 is 11.3 Å². The summed E-state index contributed by atoms with van der Waals surface area (Å²) in [6.07, 6.45) is 2.43. The van der Waals surface area contributed by atoms with E-state index in [0.29, 0.717) is 5.92 Å². The third-order valence-corrected chi connectivity index (χ3v) is 3.69. The number of hydrogen-bond acceptors (Lipinski definition) is 3. The molecule has 72 valence electrons. The molecule has 2 atom stereocenters. The Balaban J connectivity index is 2.11. The maximum absolute atomic E-state index is 9.20. The molecule has 1 aromatic heterocycles. The number of piperidine rings is 1. The van der Waals surface area contributed by atoms with Crippen LogP contribution in [0.2, 0.25) is 0 Å². The number of aliphatic hydroxyl groups excluding tert-OH is 1. The van der Waals surface area contributed by atoms with Gasteiger partial charge in [-0.25, -0.2) is 0 Å². The fourth-order valence-electron chi connectivity index (χ4n) is 1.99. The van der Waals surface area contributed by atoms with Crippen LogP contribution in [0.3, 0.4) is 0 Å². The van der Waals surface area contributed by atoms with Gasteiger partial charge in [0.2, 0.25) is 0 Å². The summed E-state index contributed by atoms with van der Waals surface area (Å²) in [4.78, 5) is 1.41. The molecule has 1 fully saturated rings. The molecule has 0 spiro atoms. The van der Waals surface area contributed by atoms with Gasteiger partial charge in [-0.15, -0.1) is 11.3 Å². The largest absolute Gasteiger partial charge is 0.395 e. The van der Waals surface area contributed by atoms with Gasteiger partial charge in [-0.3, -0.25) is 0 Å². The van der Waals surface area contributed by atoms with E-state index in [4.69, 9.17) is 0 Å². The standard InChI is InChI=1S/C10H15NOS/c12-7-9-8(3-1-5-11-9)10-4-2-6-13-10/h2,4,6,8-9,11-12H,1,3,5,7H2. The minimum absolute atomic E-state index is 0.253. The molecule has 0 aromatic carbocycles. The summed E-state index contributed by atoms with van der Waals surface area (Å²) >= 11 is 1.80. The fourth-order valence-corrected chi connectivity index (χ4v) is 2.92. The summed E-state index contributed by atoms with van der Waals surface area (Å²) in [7, 11) is 0. The van der Waals surface area contributed by atoms with Gasteiger partial charge in [-0.2, -0.15) is 0 Å². The van der Waals surface area contributed by atoms with E-state index in [1.54, 1.807) is 11.3 Å². The SMILES string of the molecule is OCC1NCCCC1c1cccs1. The third kappa shape index (κ3) is 1.93. The second-order valence-electron chi connectivity index (χ2n) is 3.51. The molecule has 2 unspecified atom stereocenters. The summed E-state index contributed by atoms with van der Waals surface area (Å²) in [6, 6.07) is 4.53. The van der Waals surface area contributed by atoms with E-state index in [1.807, 2.05) is 0 Å². The average Bonchev–Trinajstić information content (AvgIpc) is 2.70. The molecule has 2 rings (SSSR count). The lowest BCUT2D eigenvalue weighted by molar-refractivity contribution is 0.203. The summed E-state index contributed by atoms with van der Waals surface area (Å²) < 4.78 is 0. The van der Waals surface area contributed by atoms with Crippen LogP contribution < -0.4 is 5.32 Å². The van der Waals surface area contributed by atoms with Gasteiger partial charge >= 0.3 is 0 Å². The first-order valence-corrected chi connectivity index (χ1v) is 5.67. The molecule has 2 N–H and O–H groups in total. The summed E-state index contributed by atoms with van der Waals surface area (Å²) in [5.41, 5.74) is 0. The number of thiophene rings is 1. The molecule has 0 aliphatic carbocycles. The van der Waals surface area contributed by atoms with E-state index in [-0.39, 0.29) is 12.6 Å². The monoisotopic (exact) mass is 197 g/mol. The van der Waals surface area contributed by atoms with Crippen LogP contribution in [-0.2, 0) is 0 Å². The van der Waals surface area contributed by atoms with Crippen LogP contribution in [0.15, 0.2) is 17.5 Å². The molecule has 1 saturated heterocycles. The van der Waals surface area contributed by atoms with E-state index < -0.39 is 0 Å². The predicted molar refractivity (Wildman–Crippen MR) is 55.2 cm³/mol. The zero-order chi connectivity index (χ0) is 9.10. The lowest BCUT2D eigenvalue weighted by atomic mass is 9.90. The maximum atomic E-state index is 9.20. The summed E-state index contributed by atoms with van der Waals surface area (Å²) in [6.45, 7) is 1.30.